The molecule has 1 rings (SSSR count). The predicted octanol–water partition coefficient (Wildman–Crippen LogP) is 0.233. The number of hydrogen-bond acceptors (Lipinski definition) is 5. The molecule has 0 aromatic carbocycles. The number of anilines is 1. The van der Waals surface area contributed by atoms with Crippen LogP contribution in [-0.2, 0) is 4.74 Å². The van der Waals surface area contributed by atoms with Gasteiger partial charge in [0.2, 0.25) is 5.95 Å². The number of nitrogen functional groups attached to an aromatic ring is 1. The van der Waals surface area contributed by atoms with Gasteiger partial charge in [-0.2, -0.15) is 0 Å². The zero-order chi connectivity index (χ0) is 12.0. The minimum atomic E-state index is -0.0496. The third kappa shape index (κ3) is 3.16. The maximum Gasteiger partial charge on any atom is 0.226 e. The van der Waals surface area contributed by atoms with Gasteiger partial charge in [0.15, 0.2) is 0 Å². The van der Waals surface area contributed by atoms with Crippen LogP contribution < -0.4 is 10.6 Å². The summed E-state index contributed by atoms with van der Waals surface area (Å²) < 4.78 is 5.01. The zero-order valence-corrected chi connectivity index (χ0v) is 9.60. The summed E-state index contributed by atoms with van der Waals surface area (Å²) in [5, 5.41) is 7.31. The normalized spacial score (nSPS) is 10.1. The number of nitrogens with one attached hydrogen (secondary N) is 1. The van der Waals surface area contributed by atoms with Gasteiger partial charge >= 0.3 is 0 Å². The van der Waals surface area contributed by atoms with Crippen molar-refractivity contribution < 1.29 is 4.74 Å². The van der Waals surface area contributed by atoms with E-state index in [0.717, 1.165) is 6.54 Å². The Morgan fingerprint density at radius 2 is 2.38 bits per heavy atom. The molecule has 0 fully saturated rings. The molecule has 1 heterocycles. The SMILES string of the molecule is CCN(CCOC)c1nccc(C(=N)N)n1. The van der Waals surface area contributed by atoms with Crippen LogP contribution in [0.25, 0.3) is 0 Å². The molecule has 16 heavy (non-hydrogen) atoms. The number of rotatable bonds is 6. The number of nitrogens with two attached hydrogens (primary N) is 1. The number of ether oxygens (including phenoxy) is 1. The summed E-state index contributed by atoms with van der Waals surface area (Å²) in [5.41, 5.74) is 5.82. The molecule has 0 spiro atoms. The number of likely N-dealkylation sites (N-methyl/N-ethyl adjacent to an activating group) is 1. The summed E-state index contributed by atoms with van der Waals surface area (Å²) in [5.74, 6) is 0.527. The Labute approximate surface area is 95.0 Å². The highest BCUT2D eigenvalue weighted by molar-refractivity contribution is 5.93. The minimum absolute atomic E-state index is 0.0496. The molecule has 0 saturated carbocycles. The van der Waals surface area contributed by atoms with Gasteiger partial charge in [-0.25, -0.2) is 9.97 Å². The zero-order valence-electron chi connectivity index (χ0n) is 9.60. The van der Waals surface area contributed by atoms with Gasteiger partial charge in [0.1, 0.15) is 11.5 Å². The highest BCUT2D eigenvalue weighted by Crippen LogP contribution is 2.06. The second-order valence-corrected chi connectivity index (χ2v) is 3.23. The van der Waals surface area contributed by atoms with Gasteiger partial charge in [-0.05, 0) is 13.0 Å². The summed E-state index contributed by atoms with van der Waals surface area (Å²) in [7, 11) is 1.65. The van der Waals surface area contributed by atoms with Gasteiger partial charge in [-0.3, -0.25) is 5.41 Å². The number of hydrogen-bond donors (Lipinski definition) is 2. The van der Waals surface area contributed by atoms with Gasteiger partial charge < -0.3 is 15.4 Å². The molecule has 0 bridgehead atoms. The van der Waals surface area contributed by atoms with Crippen molar-refractivity contribution >= 4 is 11.8 Å². The van der Waals surface area contributed by atoms with Crippen LogP contribution in [0.2, 0.25) is 0 Å². The molecular weight excluding hydrogens is 206 g/mol. The topological polar surface area (TPSA) is 88.1 Å². The van der Waals surface area contributed by atoms with Crippen LogP contribution in [0.4, 0.5) is 5.95 Å². The van der Waals surface area contributed by atoms with E-state index in [1.807, 2.05) is 11.8 Å². The van der Waals surface area contributed by atoms with Crippen LogP contribution in [0, 0.1) is 5.41 Å². The van der Waals surface area contributed by atoms with E-state index in [-0.39, 0.29) is 5.84 Å². The minimum Gasteiger partial charge on any atom is -0.383 e. The van der Waals surface area contributed by atoms with Crippen LogP contribution in [-0.4, -0.2) is 42.6 Å². The van der Waals surface area contributed by atoms with Crippen molar-refractivity contribution in [3.63, 3.8) is 0 Å². The standard InChI is InChI=1S/C10H17N5O/c1-3-15(6-7-16-2)10-13-5-4-8(14-10)9(11)12/h4-5H,3,6-7H2,1-2H3,(H3,11,12). The Balaban J connectivity index is 2.83. The van der Waals surface area contributed by atoms with E-state index in [2.05, 4.69) is 9.97 Å². The molecule has 0 amide bonds. The molecule has 0 aliphatic rings. The monoisotopic (exact) mass is 223 g/mol. The average Bonchev–Trinajstić information content (AvgIpc) is 2.30. The Bertz CT molecular complexity index is 355. The second-order valence-electron chi connectivity index (χ2n) is 3.23. The average molecular weight is 223 g/mol. The van der Waals surface area contributed by atoms with Crippen molar-refractivity contribution in [2.45, 2.75) is 6.92 Å². The number of amidine groups is 1. The first-order valence-corrected chi connectivity index (χ1v) is 5.10. The van der Waals surface area contributed by atoms with E-state index < -0.39 is 0 Å². The van der Waals surface area contributed by atoms with Gasteiger partial charge in [-0.1, -0.05) is 0 Å². The van der Waals surface area contributed by atoms with Crippen molar-refractivity contribution in [3.8, 4) is 0 Å². The van der Waals surface area contributed by atoms with Crippen LogP contribution in [0.1, 0.15) is 12.6 Å². The third-order valence-electron chi connectivity index (χ3n) is 2.15. The highest BCUT2D eigenvalue weighted by Gasteiger charge is 2.08. The first-order valence-electron chi connectivity index (χ1n) is 5.10. The maximum absolute atomic E-state index is 7.31. The van der Waals surface area contributed by atoms with Crippen LogP contribution in [0.15, 0.2) is 12.3 Å². The van der Waals surface area contributed by atoms with Crippen molar-refractivity contribution in [1.82, 2.24) is 9.97 Å². The summed E-state index contributed by atoms with van der Waals surface area (Å²) in [6.45, 7) is 4.13. The van der Waals surface area contributed by atoms with Gasteiger partial charge in [-0.15, -0.1) is 0 Å². The summed E-state index contributed by atoms with van der Waals surface area (Å²) in [6, 6.07) is 1.62. The summed E-state index contributed by atoms with van der Waals surface area (Å²) >= 11 is 0. The molecular formula is C10H17N5O. The van der Waals surface area contributed by atoms with Gasteiger partial charge in [0.25, 0.3) is 0 Å². The fourth-order valence-electron chi connectivity index (χ4n) is 1.25. The van der Waals surface area contributed by atoms with Gasteiger partial charge in [0.05, 0.1) is 6.61 Å². The first kappa shape index (κ1) is 12.4. The molecule has 3 N–H and O–H groups in total. The summed E-state index contributed by atoms with van der Waals surface area (Å²) in [6.07, 6.45) is 1.61. The smallest absolute Gasteiger partial charge is 0.226 e. The molecule has 0 aliphatic heterocycles. The number of nitrogens with zero attached hydrogens (tertiary/aromatic N) is 3. The fraction of sp³-hybridized carbons (Fsp3) is 0.500. The molecule has 0 radical (unpaired) electrons. The van der Waals surface area contributed by atoms with E-state index >= 15 is 0 Å². The van der Waals surface area contributed by atoms with E-state index in [4.69, 9.17) is 15.9 Å². The van der Waals surface area contributed by atoms with E-state index in [1.54, 1.807) is 19.4 Å². The Hall–Kier alpha value is -1.69. The van der Waals surface area contributed by atoms with Gasteiger partial charge in [0, 0.05) is 26.4 Å². The molecule has 0 unspecified atom stereocenters. The number of aromatic nitrogens is 2. The second kappa shape index (κ2) is 6.02. The lowest BCUT2D eigenvalue weighted by molar-refractivity contribution is 0.205. The van der Waals surface area contributed by atoms with Crippen LogP contribution in [0.5, 0.6) is 0 Å². The summed E-state index contributed by atoms with van der Waals surface area (Å²) in [4.78, 5) is 10.3. The fourth-order valence-corrected chi connectivity index (χ4v) is 1.25. The van der Waals surface area contributed by atoms with Crippen molar-refractivity contribution in [1.29, 1.82) is 5.41 Å². The van der Waals surface area contributed by atoms with Crippen molar-refractivity contribution in [2.75, 3.05) is 31.7 Å². The number of methoxy groups -OCH3 is 1. The van der Waals surface area contributed by atoms with E-state index in [1.165, 1.54) is 0 Å². The predicted molar refractivity (Wildman–Crippen MR) is 62.8 cm³/mol. The third-order valence-corrected chi connectivity index (χ3v) is 2.15. The van der Waals surface area contributed by atoms with E-state index in [9.17, 15) is 0 Å². The Kier molecular flexibility index (Phi) is 4.65. The first-order chi connectivity index (χ1) is 7.69. The highest BCUT2D eigenvalue weighted by atomic mass is 16.5. The molecule has 88 valence electrons. The Morgan fingerprint density at radius 1 is 1.62 bits per heavy atom. The quantitative estimate of drug-likeness (QED) is 0.532. The molecule has 6 nitrogen and oxygen atoms in total. The molecule has 0 aliphatic carbocycles. The lowest BCUT2D eigenvalue weighted by Crippen LogP contribution is -2.29. The van der Waals surface area contributed by atoms with Crippen molar-refractivity contribution in [3.05, 3.63) is 18.0 Å². The van der Waals surface area contributed by atoms with Crippen molar-refractivity contribution in [2.24, 2.45) is 5.73 Å². The molecule has 6 heteroatoms. The lowest BCUT2D eigenvalue weighted by Gasteiger charge is -2.20. The Morgan fingerprint density at radius 3 is 2.94 bits per heavy atom. The molecule has 0 atom stereocenters. The maximum atomic E-state index is 7.31. The van der Waals surface area contributed by atoms with Crippen LogP contribution >= 0.6 is 0 Å². The molecule has 0 saturated heterocycles. The van der Waals surface area contributed by atoms with Crippen LogP contribution in [0.3, 0.4) is 0 Å². The van der Waals surface area contributed by atoms with E-state index in [0.29, 0.717) is 24.8 Å². The molecule has 1 aromatic heterocycles. The lowest BCUT2D eigenvalue weighted by atomic mass is 10.4. The molecule has 1 aromatic rings. The largest absolute Gasteiger partial charge is 0.383 e.